The molecule has 0 saturated heterocycles. The Labute approximate surface area is 81.2 Å². The highest BCUT2D eigenvalue weighted by atomic mass is 19.1. The molecule has 1 heterocycles. The van der Waals surface area contributed by atoms with Gasteiger partial charge >= 0.3 is 0 Å². The van der Waals surface area contributed by atoms with Gasteiger partial charge in [0.2, 0.25) is 0 Å². The van der Waals surface area contributed by atoms with Crippen molar-refractivity contribution < 1.29 is 4.39 Å². The van der Waals surface area contributed by atoms with Gasteiger partial charge in [0.05, 0.1) is 5.56 Å². The Morgan fingerprint density at radius 1 is 1.29 bits per heavy atom. The Balaban J connectivity index is 2.60. The Morgan fingerprint density at radius 2 is 2.00 bits per heavy atom. The number of hydrogen-bond acceptors (Lipinski definition) is 2. The van der Waals surface area contributed by atoms with Crippen molar-refractivity contribution in [3.05, 3.63) is 35.9 Å². The van der Waals surface area contributed by atoms with Gasteiger partial charge in [0.25, 0.3) is 0 Å². The third-order valence-electron chi connectivity index (χ3n) is 1.98. The van der Waals surface area contributed by atoms with E-state index in [1.807, 2.05) is 0 Å². The fraction of sp³-hybridized carbons (Fsp3) is 0.200. The lowest BCUT2D eigenvalue weighted by Gasteiger charge is -2.00. The maximum atomic E-state index is 13.4. The van der Waals surface area contributed by atoms with Crippen LogP contribution in [0.15, 0.2) is 24.3 Å². The molecule has 0 aliphatic carbocycles. The average Bonchev–Trinajstić information content (AvgIpc) is 2.46. The van der Waals surface area contributed by atoms with Crippen molar-refractivity contribution in [2.45, 2.75) is 6.92 Å². The number of hydrogen-bond donors (Lipinski definition) is 0. The zero-order valence-electron chi connectivity index (χ0n) is 8.03. The van der Waals surface area contributed by atoms with Crippen LogP contribution in [0.4, 0.5) is 4.39 Å². The molecular weight excluding hydrogens is 181 g/mol. The molecule has 3 nitrogen and oxygen atoms in total. The summed E-state index contributed by atoms with van der Waals surface area (Å²) < 4.78 is 15.0. The molecule has 0 fully saturated rings. The minimum absolute atomic E-state index is 0.275. The molecule has 2 aromatic rings. The van der Waals surface area contributed by atoms with Gasteiger partial charge in [-0.15, -0.1) is 0 Å². The molecule has 0 unspecified atom stereocenters. The summed E-state index contributed by atoms with van der Waals surface area (Å²) >= 11 is 0. The highest BCUT2D eigenvalue weighted by molar-refractivity contribution is 5.55. The SMILES string of the molecule is Cc1nc(-c2ccccc2F)n(C)n1. The van der Waals surface area contributed by atoms with Crippen molar-refractivity contribution >= 4 is 0 Å². The number of benzene rings is 1. The van der Waals surface area contributed by atoms with Crippen LogP contribution in [0.2, 0.25) is 0 Å². The molecule has 1 aromatic heterocycles. The standard InChI is InChI=1S/C10H10FN3/c1-7-12-10(14(2)13-7)8-5-3-4-6-9(8)11/h3-6H,1-2H3. The molecule has 0 bridgehead atoms. The first-order chi connectivity index (χ1) is 6.68. The minimum atomic E-state index is -0.275. The normalized spacial score (nSPS) is 10.5. The van der Waals surface area contributed by atoms with Crippen LogP contribution >= 0.6 is 0 Å². The fourth-order valence-corrected chi connectivity index (χ4v) is 1.39. The van der Waals surface area contributed by atoms with Gasteiger partial charge in [0, 0.05) is 7.05 Å². The van der Waals surface area contributed by atoms with Gasteiger partial charge in [-0.05, 0) is 19.1 Å². The summed E-state index contributed by atoms with van der Waals surface area (Å²) in [4.78, 5) is 4.15. The van der Waals surface area contributed by atoms with E-state index in [1.54, 1.807) is 36.9 Å². The van der Waals surface area contributed by atoms with Crippen LogP contribution in [0.3, 0.4) is 0 Å². The van der Waals surface area contributed by atoms with Crippen LogP contribution in [0.25, 0.3) is 11.4 Å². The van der Waals surface area contributed by atoms with Crippen LogP contribution in [0.5, 0.6) is 0 Å². The monoisotopic (exact) mass is 191 g/mol. The highest BCUT2D eigenvalue weighted by Gasteiger charge is 2.10. The Morgan fingerprint density at radius 3 is 2.57 bits per heavy atom. The Hall–Kier alpha value is -1.71. The first kappa shape index (κ1) is 8.87. The summed E-state index contributed by atoms with van der Waals surface area (Å²) in [6.07, 6.45) is 0. The van der Waals surface area contributed by atoms with Gasteiger partial charge < -0.3 is 0 Å². The lowest BCUT2D eigenvalue weighted by molar-refractivity contribution is 0.627. The maximum absolute atomic E-state index is 13.4. The summed E-state index contributed by atoms with van der Waals surface area (Å²) in [6.45, 7) is 1.78. The van der Waals surface area contributed by atoms with E-state index < -0.39 is 0 Å². The zero-order valence-corrected chi connectivity index (χ0v) is 8.03. The number of nitrogens with zero attached hydrogens (tertiary/aromatic N) is 3. The molecule has 2 rings (SSSR count). The highest BCUT2D eigenvalue weighted by Crippen LogP contribution is 2.19. The molecule has 0 aliphatic heterocycles. The predicted molar refractivity (Wildman–Crippen MR) is 51.1 cm³/mol. The Bertz CT molecular complexity index is 462. The lowest BCUT2D eigenvalue weighted by Crippen LogP contribution is -1.96. The average molecular weight is 191 g/mol. The van der Waals surface area contributed by atoms with Crippen molar-refractivity contribution in [2.24, 2.45) is 7.05 Å². The van der Waals surface area contributed by atoms with Gasteiger partial charge in [-0.1, -0.05) is 12.1 Å². The largest absolute Gasteiger partial charge is 0.249 e. The van der Waals surface area contributed by atoms with Crippen LogP contribution < -0.4 is 0 Å². The second-order valence-electron chi connectivity index (χ2n) is 3.09. The summed E-state index contributed by atoms with van der Waals surface area (Å²) in [5.74, 6) is 0.925. The van der Waals surface area contributed by atoms with E-state index in [0.29, 0.717) is 17.2 Å². The molecule has 0 N–H and O–H groups in total. The summed E-state index contributed by atoms with van der Waals surface area (Å²) in [5, 5.41) is 4.07. The van der Waals surface area contributed by atoms with Crippen molar-refractivity contribution in [1.82, 2.24) is 14.8 Å². The second-order valence-corrected chi connectivity index (χ2v) is 3.09. The minimum Gasteiger partial charge on any atom is -0.249 e. The van der Waals surface area contributed by atoms with E-state index in [1.165, 1.54) is 6.07 Å². The molecule has 0 spiro atoms. The molecule has 1 aromatic carbocycles. The maximum Gasteiger partial charge on any atom is 0.161 e. The first-order valence-corrected chi connectivity index (χ1v) is 4.31. The third kappa shape index (κ3) is 1.39. The molecule has 0 saturated carbocycles. The van der Waals surface area contributed by atoms with Crippen LogP contribution in [0.1, 0.15) is 5.82 Å². The molecule has 0 amide bonds. The number of halogens is 1. The summed E-state index contributed by atoms with van der Waals surface area (Å²) in [5.41, 5.74) is 0.482. The third-order valence-corrected chi connectivity index (χ3v) is 1.98. The van der Waals surface area contributed by atoms with Crippen molar-refractivity contribution in [2.75, 3.05) is 0 Å². The quantitative estimate of drug-likeness (QED) is 0.689. The van der Waals surface area contributed by atoms with E-state index in [2.05, 4.69) is 10.1 Å². The molecule has 0 aliphatic rings. The van der Waals surface area contributed by atoms with Gasteiger partial charge in [-0.3, -0.25) is 0 Å². The van der Waals surface area contributed by atoms with Gasteiger partial charge in [0.1, 0.15) is 11.6 Å². The topological polar surface area (TPSA) is 30.7 Å². The summed E-state index contributed by atoms with van der Waals surface area (Å²) in [6, 6.07) is 6.54. The number of aryl methyl sites for hydroxylation is 2. The van der Waals surface area contributed by atoms with Crippen molar-refractivity contribution in [3.63, 3.8) is 0 Å². The van der Waals surface area contributed by atoms with E-state index in [-0.39, 0.29) is 5.82 Å². The van der Waals surface area contributed by atoms with E-state index in [0.717, 1.165) is 0 Å². The molecular formula is C10H10FN3. The number of rotatable bonds is 1. The fourth-order valence-electron chi connectivity index (χ4n) is 1.39. The van der Waals surface area contributed by atoms with Crippen LogP contribution in [-0.4, -0.2) is 14.8 Å². The molecule has 0 radical (unpaired) electrons. The van der Waals surface area contributed by atoms with E-state index >= 15 is 0 Å². The van der Waals surface area contributed by atoms with Gasteiger partial charge in [0.15, 0.2) is 5.82 Å². The first-order valence-electron chi connectivity index (χ1n) is 4.31. The van der Waals surface area contributed by atoms with Gasteiger partial charge in [-0.2, -0.15) is 5.10 Å². The molecule has 72 valence electrons. The van der Waals surface area contributed by atoms with E-state index in [4.69, 9.17) is 0 Å². The van der Waals surface area contributed by atoms with Crippen LogP contribution in [-0.2, 0) is 7.05 Å². The van der Waals surface area contributed by atoms with Crippen LogP contribution in [0, 0.1) is 12.7 Å². The van der Waals surface area contributed by atoms with Gasteiger partial charge in [-0.25, -0.2) is 14.1 Å². The number of aromatic nitrogens is 3. The van der Waals surface area contributed by atoms with Crippen molar-refractivity contribution in [3.8, 4) is 11.4 Å². The van der Waals surface area contributed by atoms with Crippen molar-refractivity contribution in [1.29, 1.82) is 0 Å². The molecule has 4 heteroatoms. The summed E-state index contributed by atoms with van der Waals surface area (Å²) in [7, 11) is 1.75. The van der Waals surface area contributed by atoms with E-state index in [9.17, 15) is 4.39 Å². The lowest BCUT2D eigenvalue weighted by atomic mass is 10.2. The zero-order chi connectivity index (χ0) is 10.1. The molecule has 0 atom stereocenters. The Kier molecular flexibility index (Phi) is 2.04. The predicted octanol–water partition coefficient (Wildman–Crippen LogP) is 1.93. The molecule has 14 heavy (non-hydrogen) atoms. The second kappa shape index (κ2) is 3.21. The smallest absolute Gasteiger partial charge is 0.161 e.